The van der Waals surface area contributed by atoms with Crippen molar-refractivity contribution in [3.8, 4) is 22.6 Å². The van der Waals surface area contributed by atoms with Crippen molar-refractivity contribution in [2.75, 3.05) is 51.2 Å². The average Bonchev–Trinajstić information content (AvgIpc) is 2.73. The van der Waals surface area contributed by atoms with Crippen LogP contribution in [0, 0.1) is 0 Å². The summed E-state index contributed by atoms with van der Waals surface area (Å²) in [5.41, 5.74) is 8.84. The van der Waals surface area contributed by atoms with E-state index in [1.54, 1.807) is 14.2 Å². The molecule has 27 heavy (non-hydrogen) atoms. The van der Waals surface area contributed by atoms with E-state index in [1.807, 2.05) is 30.3 Å². The molecule has 0 atom stereocenters. The van der Waals surface area contributed by atoms with E-state index in [4.69, 9.17) is 19.9 Å². The van der Waals surface area contributed by atoms with Gasteiger partial charge in [-0.2, -0.15) is 4.98 Å². The summed E-state index contributed by atoms with van der Waals surface area (Å²) in [5.74, 6) is 2.52. The van der Waals surface area contributed by atoms with Gasteiger partial charge < -0.3 is 24.8 Å². The van der Waals surface area contributed by atoms with Crippen molar-refractivity contribution < 1.29 is 14.2 Å². The molecule has 0 aliphatic carbocycles. The third-order valence-corrected chi connectivity index (χ3v) is 4.72. The first kappa shape index (κ1) is 17.4. The number of benzene rings is 2. The Morgan fingerprint density at radius 1 is 0.926 bits per heavy atom. The van der Waals surface area contributed by atoms with Gasteiger partial charge in [0, 0.05) is 18.5 Å². The zero-order chi connectivity index (χ0) is 18.8. The molecule has 0 amide bonds. The van der Waals surface area contributed by atoms with E-state index >= 15 is 0 Å². The summed E-state index contributed by atoms with van der Waals surface area (Å²) in [6.45, 7) is 2.93. The van der Waals surface area contributed by atoms with Crippen molar-refractivity contribution in [1.29, 1.82) is 0 Å². The normalized spacial score (nSPS) is 14.4. The SMILES string of the molecule is COc1ccc(-c2ccc3nc(N)nc(N4CCOCC4)c3c2)cc1OC. The molecular formula is C20H22N4O3. The van der Waals surface area contributed by atoms with Crippen LogP contribution < -0.4 is 20.1 Å². The maximum Gasteiger partial charge on any atom is 0.222 e. The second kappa shape index (κ2) is 7.28. The highest BCUT2D eigenvalue weighted by Gasteiger charge is 2.17. The van der Waals surface area contributed by atoms with Crippen LogP contribution in [0.5, 0.6) is 11.5 Å². The zero-order valence-corrected chi connectivity index (χ0v) is 15.4. The maximum atomic E-state index is 5.94. The number of nitrogen functional groups attached to an aromatic ring is 1. The topological polar surface area (TPSA) is 82.7 Å². The highest BCUT2D eigenvalue weighted by atomic mass is 16.5. The van der Waals surface area contributed by atoms with E-state index in [0.717, 1.165) is 40.9 Å². The fraction of sp³-hybridized carbons (Fsp3) is 0.300. The minimum Gasteiger partial charge on any atom is -0.493 e. The van der Waals surface area contributed by atoms with Gasteiger partial charge in [0.05, 0.1) is 33.0 Å². The lowest BCUT2D eigenvalue weighted by molar-refractivity contribution is 0.122. The van der Waals surface area contributed by atoms with E-state index < -0.39 is 0 Å². The highest BCUT2D eigenvalue weighted by molar-refractivity contribution is 5.94. The number of rotatable bonds is 4. The highest BCUT2D eigenvalue weighted by Crippen LogP contribution is 2.35. The van der Waals surface area contributed by atoms with Crippen LogP contribution in [0.1, 0.15) is 0 Å². The quantitative estimate of drug-likeness (QED) is 0.760. The van der Waals surface area contributed by atoms with E-state index in [9.17, 15) is 0 Å². The Morgan fingerprint density at radius 3 is 2.37 bits per heavy atom. The summed E-state index contributed by atoms with van der Waals surface area (Å²) < 4.78 is 16.2. The van der Waals surface area contributed by atoms with Crippen LogP contribution in [0.25, 0.3) is 22.0 Å². The molecule has 2 N–H and O–H groups in total. The molecule has 1 aromatic heterocycles. The third kappa shape index (κ3) is 3.33. The lowest BCUT2D eigenvalue weighted by atomic mass is 10.0. The van der Waals surface area contributed by atoms with E-state index in [-0.39, 0.29) is 5.95 Å². The zero-order valence-electron chi connectivity index (χ0n) is 15.4. The van der Waals surface area contributed by atoms with Crippen LogP contribution in [0.4, 0.5) is 11.8 Å². The number of aromatic nitrogens is 2. The maximum absolute atomic E-state index is 5.94. The first-order valence-electron chi connectivity index (χ1n) is 8.82. The van der Waals surface area contributed by atoms with Gasteiger partial charge in [-0.1, -0.05) is 12.1 Å². The molecule has 7 heteroatoms. The summed E-state index contributed by atoms with van der Waals surface area (Å²) in [6, 6.07) is 12.0. The molecule has 1 aliphatic heterocycles. The van der Waals surface area contributed by atoms with E-state index in [0.29, 0.717) is 24.7 Å². The second-order valence-corrected chi connectivity index (χ2v) is 6.31. The van der Waals surface area contributed by atoms with Crippen LogP contribution in [-0.4, -0.2) is 50.5 Å². The van der Waals surface area contributed by atoms with Gasteiger partial charge in [0.2, 0.25) is 5.95 Å². The molecule has 0 bridgehead atoms. The van der Waals surface area contributed by atoms with Gasteiger partial charge in [0.1, 0.15) is 5.82 Å². The van der Waals surface area contributed by atoms with Crippen molar-refractivity contribution in [3.05, 3.63) is 36.4 Å². The fourth-order valence-corrected chi connectivity index (χ4v) is 3.34. The Labute approximate surface area is 157 Å². The van der Waals surface area contributed by atoms with Gasteiger partial charge in [0.25, 0.3) is 0 Å². The molecule has 4 rings (SSSR count). The number of morpholine rings is 1. The largest absolute Gasteiger partial charge is 0.493 e. The number of hydrogen-bond acceptors (Lipinski definition) is 7. The Morgan fingerprint density at radius 2 is 1.63 bits per heavy atom. The molecule has 2 aromatic carbocycles. The Kier molecular flexibility index (Phi) is 4.68. The summed E-state index contributed by atoms with van der Waals surface area (Å²) >= 11 is 0. The van der Waals surface area contributed by atoms with Gasteiger partial charge in [-0.05, 0) is 35.4 Å². The molecule has 0 saturated carbocycles. The van der Waals surface area contributed by atoms with Crippen molar-refractivity contribution in [1.82, 2.24) is 9.97 Å². The molecule has 7 nitrogen and oxygen atoms in total. The van der Waals surface area contributed by atoms with Crippen LogP contribution >= 0.6 is 0 Å². The third-order valence-electron chi connectivity index (χ3n) is 4.72. The van der Waals surface area contributed by atoms with Gasteiger partial charge in [-0.25, -0.2) is 4.98 Å². The number of anilines is 2. The van der Waals surface area contributed by atoms with E-state index in [1.165, 1.54) is 0 Å². The van der Waals surface area contributed by atoms with Crippen LogP contribution in [0.3, 0.4) is 0 Å². The van der Waals surface area contributed by atoms with Gasteiger partial charge in [-0.15, -0.1) is 0 Å². The first-order valence-corrected chi connectivity index (χ1v) is 8.82. The van der Waals surface area contributed by atoms with Crippen molar-refractivity contribution in [2.24, 2.45) is 0 Å². The Bertz CT molecular complexity index is 971. The molecular weight excluding hydrogens is 344 g/mol. The van der Waals surface area contributed by atoms with E-state index in [2.05, 4.69) is 20.9 Å². The van der Waals surface area contributed by atoms with Crippen molar-refractivity contribution in [2.45, 2.75) is 0 Å². The summed E-state index contributed by atoms with van der Waals surface area (Å²) in [4.78, 5) is 11.1. The number of nitrogens with zero attached hydrogens (tertiary/aromatic N) is 3. The Balaban J connectivity index is 1.82. The minimum atomic E-state index is 0.280. The number of fused-ring (bicyclic) bond motifs is 1. The summed E-state index contributed by atoms with van der Waals surface area (Å²) in [7, 11) is 3.26. The summed E-state index contributed by atoms with van der Waals surface area (Å²) in [6.07, 6.45) is 0. The second-order valence-electron chi connectivity index (χ2n) is 6.31. The van der Waals surface area contributed by atoms with Crippen molar-refractivity contribution >= 4 is 22.7 Å². The van der Waals surface area contributed by atoms with Crippen molar-refractivity contribution in [3.63, 3.8) is 0 Å². The molecule has 140 valence electrons. The van der Waals surface area contributed by atoms with Crippen LogP contribution in [0.2, 0.25) is 0 Å². The minimum absolute atomic E-state index is 0.280. The number of hydrogen-bond donors (Lipinski definition) is 1. The molecule has 0 radical (unpaired) electrons. The molecule has 2 heterocycles. The lowest BCUT2D eigenvalue weighted by Gasteiger charge is -2.28. The molecule has 1 saturated heterocycles. The summed E-state index contributed by atoms with van der Waals surface area (Å²) in [5, 5.41) is 0.971. The number of nitrogens with two attached hydrogens (primary N) is 1. The standard InChI is InChI=1S/C20H22N4O3/c1-25-17-6-4-14(12-18(17)26-2)13-3-5-16-15(11-13)19(23-20(21)22-16)24-7-9-27-10-8-24/h3-6,11-12H,7-10H2,1-2H3,(H2,21,22,23). The van der Waals surface area contributed by atoms with Crippen LogP contribution in [0.15, 0.2) is 36.4 Å². The Hall–Kier alpha value is -3.06. The first-order chi connectivity index (χ1) is 13.2. The predicted octanol–water partition coefficient (Wildman–Crippen LogP) is 2.73. The smallest absolute Gasteiger partial charge is 0.222 e. The monoisotopic (exact) mass is 366 g/mol. The van der Waals surface area contributed by atoms with Crippen LogP contribution in [-0.2, 0) is 4.74 Å². The number of ether oxygens (including phenoxy) is 3. The molecule has 0 spiro atoms. The molecule has 1 aliphatic rings. The fourth-order valence-electron chi connectivity index (χ4n) is 3.34. The van der Waals surface area contributed by atoms with Gasteiger partial charge in [0.15, 0.2) is 11.5 Å². The molecule has 3 aromatic rings. The van der Waals surface area contributed by atoms with Gasteiger partial charge in [-0.3, -0.25) is 0 Å². The number of methoxy groups -OCH3 is 2. The molecule has 1 fully saturated rings. The molecule has 0 unspecified atom stereocenters. The lowest BCUT2D eigenvalue weighted by Crippen LogP contribution is -2.37. The predicted molar refractivity (Wildman–Crippen MR) is 106 cm³/mol. The van der Waals surface area contributed by atoms with Gasteiger partial charge >= 0.3 is 0 Å². The average molecular weight is 366 g/mol.